The summed E-state index contributed by atoms with van der Waals surface area (Å²) in [6, 6.07) is 14.1. The lowest BCUT2D eigenvalue weighted by Crippen LogP contribution is -2.48. The van der Waals surface area contributed by atoms with Crippen molar-refractivity contribution in [2.24, 2.45) is 0 Å². The molecule has 2 saturated heterocycles. The Bertz CT molecular complexity index is 1580. The Labute approximate surface area is 236 Å². The molecule has 2 fully saturated rings. The molecular formula is C30H34N6O3S. The number of amides is 1. The zero-order valence-electron chi connectivity index (χ0n) is 23.2. The first kappa shape index (κ1) is 26.4. The highest BCUT2D eigenvalue weighted by Crippen LogP contribution is 2.45. The maximum absolute atomic E-state index is 13.0. The van der Waals surface area contributed by atoms with Crippen molar-refractivity contribution in [1.29, 1.82) is 0 Å². The summed E-state index contributed by atoms with van der Waals surface area (Å²) < 4.78 is 20.3. The number of nitrogens with zero attached hydrogens (tertiary/aromatic N) is 5. The van der Waals surface area contributed by atoms with E-state index in [0.717, 1.165) is 53.8 Å². The van der Waals surface area contributed by atoms with Crippen LogP contribution in [0.5, 0.6) is 0 Å². The first-order valence-electron chi connectivity index (χ1n) is 13.6. The third-order valence-corrected chi connectivity index (χ3v) is 8.81. The van der Waals surface area contributed by atoms with Gasteiger partial charge in [-0.2, -0.15) is 9.61 Å². The van der Waals surface area contributed by atoms with Gasteiger partial charge in [-0.15, -0.1) is 0 Å². The Morgan fingerprint density at radius 1 is 1.02 bits per heavy atom. The van der Waals surface area contributed by atoms with Gasteiger partial charge < -0.3 is 15.4 Å². The molecule has 2 aliphatic heterocycles. The molecule has 2 bridgehead atoms. The molecule has 4 aromatic rings. The molecule has 6 rings (SSSR count). The number of carbonyl (C=O) groups excluding carboxylic acids is 1. The molecular weight excluding hydrogens is 524 g/mol. The molecule has 5 heterocycles. The van der Waals surface area contributed by atoms with Crippen molar-refractivity contribution in [2.75, 3.05) is 12.0 Å². The van der Waals surface area contributed by atoms with Crippen LogP contribution in [0.3, 0.4) is 0 Å². The van der Waals surface area contributed by atoms with Gasteiger partial charge in [0.05, 0.1) is 28.4 Å². The van der Waals surface area contributed by atoms with Gasteiger partial charge >= 0.3 is 6.09 Å². The van der Waals surface area contributed by atoms with Crippen LogP contribution in [0.2, 0.25) is 0 Å². The summed E-state index contributed by atoms with van der Waals surface area (Å²) in [6.07, 6.45) is 8.20. The molecule has 1 aromatic carbocycles. The van der Waals surface area contributed by atoms with E-state index in [2.05, 4.69) is 10.1 Å². The van der Waals surface area contributed by atoms with Gasteiger partial charge in [-0.1, -0.05) is 36.4 Å². The number of ether oxygens (including phenoxy) is 1. The Kier molecular flexibility index (Phi) is 6.60. The van der Waals surface area contributed by atoms with Crippen molar-refractivity contribution in [1.82, 2.24) is 24.5 Å². The van der Waals surface area contributed by atoms with Gasteiger partial charge in [0.1, 0.15) is 16.3 Å². The summed E-state index contributed by atoms with van der Waals surface area (Å²) in [7, 11) is -1.37. The fourth-order valence-electron chi connectivity index (χ4n) is 6.14. The van der Waals surface area contributed by atoms with Crippen molar-refractivity contribution in [3.63, 3.8) is 0 Å². The van der Waals surface area contributed by atoms with Crippen molar-refractivity contribution in [3.8, 4) is 22.4 Å². The molecule has 2 unspecified atom stereocenters. The van der Waals surface area contributed by atoms with Gasteiger partial charge in [-0.25, -0.2) is 9.78 Å². The number of piperidine rings is 1. The fraction of sp³-hybridized carbons (Fsp3) is 0.400. The highest BCUT2D eigenvalue weighted by Gasteiger charge is 2.46. The van der Waals surface area contributed by atoms with E-state index in [1.165, 1.54) is 0 Å². The molecule has 2 aliphatic rings. The van der Waals surface area contributed by atoms with Crippen LogP contribution in [-0.4, -0.2) is 58.7 Å². The molecule has 9 nitrogen and oxygen atoms in total. The largest absolute Gasteiger partial charge is 0.444 e. The number of hydrogen-bond donors (Lipinski definition) is 1. The Morgan fingerprint density at radius 2 is 1.73 bits per heavy atom. The van der Waals surface area contributed by atoms with Crippen LogP contribution >= 0.6 is 0 Å². The van der Waals surface area contributed by atoms with Gasteiger partial charge in [0, 0.05) is 47.1 Å². The van der Waals surface area contributed by atoms with E-state index in [1.54, 1.807) is 17.0 Å². The zero-order valence-corrected chi connectivity index (χ0v) is 24.0. The van der Waals surface area contributed by atoms with Crippen LogP contribution in [0, 0.1) is 0 Å². The molecule has 2 N–H and O–H groups in total. The Morgan fingerprint density at radius 3 is 2.33 bits per heavy atom. The van der Waals surface area contributed by atoms with Gasteiger partial charge in [-0.3, -0.25) is 9.19 Å². The first-order chi connectivity index (χ1) is 19.1. The summed E-state index contributed by atoms with van der Waals surface area (Å²) in [5.74, 6) is 0.353. The lowest BCUT2D eigenvalue weighted by Gasteiger charge is -2.39. The standard InChI is InChI=1S/C30H34N6O3S/c1-30(2,3)39-29(37)35-21-11-12-22(35)15-20(14-21)25-26(40(4)38)27(31)36-28(34-25)23(17-33-36)19-10-13-24(32-16-19)18-8-6-5-7-9-18/h5-10,13,16-17,20-22H,11-12,14-15,31H2,1-4H3/t20?,21-,22+,40?. The van der Waals surface area contributed by atoms with Crippen LogP contribution < -0.4 is 5.73 Å². The highest BCUT2D eigenvalue weighted by molar-refractivity contribution is 7.84. The van der Waals surface area contributed by atoms with E-state index < -0.39 is 16.4 Å². The van der Waals surface area contributed by atoms with Crippen LogP contribution in [-0.2, 0) is 15.5 Å². The molecule has 0 spiro atoms. The van der Waals surface area contributed by atoms with Crippen molar-refractivity contribution in [3.05, 3.63) is 60.6 Å². The highest BCUT2D eigenvalue weighted by atomic mass is 32.2. The lowest BCUT2D eigenvalue weighted by molar-refractivity contribution is 0.00560. The average molecular weight is 559 g/mol. The Hall–Kier alpha value is -3.79. The van der Waals surface area contributed by atoms with E-state index in [-0.39, 0.29) is 24.1 Å². The van der Waals surface area contributed by atoms with Crippen molar-refractivity contribution < 1.29 is 13.7 Å². The van der Waals surface area contributed by atoms with Gasteiger partial charge in [-0.05, 0) is 52.5 Å². The molecule has 1 amide bonds. The maximum atomic E-state index is 13.0. The number of carbonyl (C=O) groups is 1. The number of benzene rings is 1. The van der Waals surface area contributed by atoms with Crippen LogP contribution in [0.4, 0.5) is 10.6 Å². The van der Waals surface area contributed by atoms with Crippen LogP contribution in [0.1, 0.15) is 58.1 Å². The number of aromatic nitrogens is 4. The normalized spacial score (nSPS) is 21.5. The summed E-state index contributed by atoms with van der Waals surface area (Å²) >= 11 is 0. The topological polar surface area (TPSA) is 116 Å². The number of nitrogens with two attached hydrogens (primary N) is 1. The minimum absolute atomic E-state index is 0.0173. The molecule has 10 heteroatoms. The molecule has 40 heavy (non-hydrogen) atoms. The minimum atomic E-state index is -1.37. The van der Waals surface area contributed by atoms with E-state index in [1.807, 2.05) is 74.3 Å². The average Bonchev–Trinajstić information content (AvgIpc) is 3.46. The van der Waals surface area contributed by atoms with Crippen LogP contribution in [0.25, 0.3) is 28.0 Å². The second kappa shape index (κ2) is 9.99. The second-order valence-corrected chi connectivity index (χ2v) is 13.0. The third kappa shape index (κ3) is 4.74. The van der Waals surface area contributed by atoms with Gasteiger partial charge in [0.25, 0.3) is 0 Å². The lowest BCUT2D eigenvalue weighted by atomic mass is 9.88. The molecule has 0 radical (unpaired) electrons. The van der Waals surface area contributed by atoms with E-state index in [4.69, 9.17) is 15.5 Å². The monoisotopic (exact) mass is 558 g/mol. The molecule has 208 valence electrons. The maximum Gasteiger partial charge on any atom is 0.410 e. The van der Waals surface area contributed by atoms with Crippen LogP contribution in [0.15, 0.2) is 59.8 Å². The zero-order chi connectivity index (χ0) is 28.2. The number of nitrogen functional groups attached to an aromatic ring is 1. The predicted molar refractivity (Wildman–Crippen MR) is 155 cm³/mol. The fourth-order valence-corrected chi connectivity index (χ4v) is 7.03. The summed E-state index contributed by atoms with van der Waals surface area (Å²) in [6.45, 7) is 5.66. The SMILES string of the molecule is CS(=O)c1c(C2C[C@H]3CC[C@@H](C2)N3C(=O)OC(C)(C)C)nc2c(-c3ccc(-c4ccccc4)nc3)cnn2c1N. The molecule has 0 saturated carbocycles. The first-order valence-corrected chi connectivity index (χ1v) is 15.2. The van der Waals surface area contributed by atoms with Crippen molar-refractivity contribution >= 4 is 28.4 Å². The number of rotatable bonds is 4. The molecule has 4 atom stereocenters. The third-order valence-electron chi connectivity index (χ3n) is 7.82. The summed E-state index contributed by atoms with van der Waals surface area (Å²) in [5, 5.41) is 4.51. The predicted octanol–water partition coefficient (Wildman–Crippen LogP) is 5.42. The van der Waals surface area contributed by atoms with E-state index in [9.17, 15) is 9.00 Å². The molecule has 0 aliphatic carbocycles. The smallest absolute Gasteiger partial charge is 0.410 e. The molecule has 3 aromatic heterocycles. The van der Waals surface area contributed by atoms with E-state index in [0.29, 0.717) is 16.4 Å². The quantitative estimate of drug-likeness (QED) is 0.355. The summed E-state index contributed by atoms with van der Waals surface area (Å²) in [4.78, 5) is 25.2. The van der Waals surface area contributed by atoms with E-state index >= 15 is 0 Å². The number of hydrogen-bond acceptors (Lipinski definition) is 7. The Balaban J connectivity index is 1.36. The van der Waals surface area contributed by atoms with Gasteiger partial charge in [0.15, 0.2) is 5.65 Å². The second-order valence-electron chi connectivity index (χ2n) is 11.7. The number of fused-ring (bicyclic) bond motifs is 3. The number of pyridine rings is 1. The summed E-state index contributed by atoms with van der Waals surface area (Å²) in [5.41, 5.74) is 11.0. The van der Waals surface area contributed by atoms with Crippen molar-refractivity contribution in [2.45, 2.75) is 75.0 Å². The number of anilines is 1. The minimum Gasteiger partial charge on any atom is -0.444 e. The van der Waals surface area contributed by atoms with Gasteiger partial charge in [0.2, 0.25) is 0 Å².